The van der Waals surface area contributed by atoms with Crippen LogP contribution >= 0.6 is 11.6 Å². The fourth-order valence-corrected chi connectivity index (χ4v) is 3.25. The number of amides is 2. The van der Waals surface area contributed by atoms with E-state index in [1.54, 1.807) is 6.92 Å². The number of nitrogens with zero attached hydrogens (tertiary/aromatic N) is 1. The second kappa shape index (κ2) is 11.8. The summed E-state index contributed by atoms with van der Waals surface area (Å²) in [6.45, 7) is 12.0. The average molecular weight is 398 g/mol. The number of alkyl carbamates (subject to hydrolysis) is 1. The molecule has 7 heteroatoms. The van der Waals surface area contributed by atoms with Crippen LogP contribution in [0.4, 0.5) is 4.79 Å². The molecule has 0 aliphatic rings. The topological polar surface area (TPSA) is 70.7 Å². The second-order valence-electron chi connectivity index (χ2n) is 6.59. The Bertz CT molecular complexity index is 606. The largest absolute Gasteiger partial charge is 0.450 e. The van der Waals surface area contributed by atoms with Crippen molar-refractivity contribution in [1.82, 2.24) is 15.5 Å². The van der Waals surface area contributed by atoms with Crippen molar-refractivity contribution in [3.05, 3.63) is 34.9 Å². The third kappa shape index (κ3) is 7.03. The van der Waals surface area contributed by atoms with Crippen LogP contribution in [0.3, 0.4) is 0 Å². The number of halogens is 1. The highest BCUT2D eigenvalue weighted by Crippen LogP contribution is 2.27. The predicted molar refractivity (Wildman–Crippen MR) is 109 cm³/mol. The summed E-state index contributed by atoms with van der Waals surface area (Å²) in [6, 6.07) is 6.96. The third-order valence-corrected chi connectivity index (χ3v) is 4.83. The van der Waals surface area contributed by atoms with Crippen LogP contribution in [-0.4, -0.2) is 49.2 Å². The molecule has 1 aromatic carbocycles. The minimum absolute atomic E-state index is 0.0481. The van der Waals surface area contributed by atoms with E-state index in [4.69, 9.17) is 16.3 Å². The molecule has 27 heavy (non-hydrogen) atoms. The van der Waals surface area contributed by atoms with Crippen molar-refractivity contribution in [3.63, 3.8) is 0 Å². The molecule has 0 fully saturated rings. The van der Waals surface area contributed by atoms with Crippen molar-refractivity contribution < 1.29 is 14.3 Å². The maximum atomic E-state index is 12.7. The Kier molecular flexibility index (Phi) is 10.2. The minimum Gasteiger partial charge on any atom is -0.450 e. The lowest BCUT2D eigenvalue weighted by Gasteiger charge is -2.31. The number of likely N-dealkylation sites (N-methyl/N-ethyl adjacent to an activating group) is 1. The van der Waals surface area contributed by atoms with Crippen LogP contribution < -0.4 is 10.6 Å². The van der Waals surface area contributed by atoms with Gasteiger partial charge in [-0.2, -0.15) is 0 Å². The van der Waals surface area contributed by atoms with E-state index in [0.29, 0.717) is 11.6 Å². The molecule has 0 aliphatic heterocycles. The summed E-state index contributed by atoms with van der Waals surface area (Å²) in [5.74, 6) is -0.302. The maximum Gasteiger partial charge on any atom is 0.407 e. The summed E-state index contributed by atoms with van der Waals surface area (Å²) in [6.07, 6.45) is -0.585. The molecular formula is C20H32ClN3O3. The number of carbonyl (C=O) groups is 2. The first-order valence-electron chi connectivity index (χ1n) is 9.55. The molecule has 2 amide bonds. The van der Waals surface area contributed by atoms with Gasteiger partial charge in [0.05, 0.1) is 12.6 Å². The van der Waals surface area contributed by atoms with E-state index in [-0.39, 0.29) is 24.5 Å². The Hall–Kier alpha value is -1.79. The van der Waals surface area contributed by atoms with Crippen molar-refractivity contribution in [2.24, 2.45) is 5.92 Å². The quantitative estimate of drug-likeness (QED) is 0.632. The van der Waals surface area contributed by atoms with E-state index >= 15 is 0 Å². The average Bonchev–Trinajstić information content (AvgIpc) is 2.63. The van der Waals surface area contributed by atoms with Crippen molar-refractivity contribution in [1.29, 1.82) is 0 Å². The SMILES string of the molecule is CCOC(=O)NC(C(=O)NCC(c1ccccc1Cl)N(CC)CC)C(C)C. The molecule has 0 heterocycles. The van der Waals surface area contributed by atoms with Crippen LogP contribution in [0.1, 0.15) is 46.2 Å². The zero-order valence-electron chi connectivity index (χ0n) is 16.9. The molecule has 152 valence electrons. The van der Waals surface area contributed by atoms with E-state index in [1.807, 2.05) is 38.1 Å². The molecule has 0 bridgehead atoms. The molecule has 0 radical (unpaired) electrons. The monoisotopic (exact) mass is 397 g/mol. The van der Waals surface area contributed by atoms with Crippen molar-refractivity contribution in [2.75, 3.05) is 26.2 Å². The summed E-state index contributed by atoms with van der Waals surface area (Å²) in [4.78, 5) is 26.7. The molecule has 0 aliphatic carbocycles. The summed E-state index contributed by atoms with van der Waals surface area (Å²) in [7, 11) is 0. The Labute approximate surface area is 167 Å². The summed E-state index contributed by atoms with van der Waals surface area (Å²) >= 11 is 6.40. The lowest BCUT2D eigenvalue weighted by molar-refractivity contribution is -0.124. The van der Waals surface area contributed by atoms with Crippen molar-refractivity contribution in [2.45, 2.75) is 46.7 Å². The molecule has 2 N–H and O–H groups in total. The number of rotatable bonds is 10. The normalized spacial score (nSPS) is 13.3. The van der Waals surface area contributed by atoms with Gasteiger partial charge < -0.3 is 15.4 Å². The zero-order chi connectivity index (χ0) is 20.4. The van der Waals surface area contributed by atoms with Gasteiger partial charge in [-0.1, -0.05) is 57.5 Å². The Morgan fingerprint density at radius 2 is 1.78 bits per heavy atom. The number of hydrogen-bond acceptors (Lipinski definition) is 4. The van der Waals surface area contributed by atoms with Gasteiger partial charge in [0.2, 0.25) is 5.91 Å². The molecule has 2 unspecified atom stereocenters. The highest BCUT2D eigenvalue weighted by atomic mass is 35.5. The zero-order valence-corrected chi connectivity index (χ0v) is 17.7. The van der Waals surface area contributed by atoms with Crippen molar-refractivity contribution >= 4 is 23.6 Å². The van der Waals surface area contributed by atoms with Gasteiger partial charge in [-0.3, -0.25) is 9.69 Å². The van der Waals surface area contributed by atoms with Gasteiger partial charge in [-0.05, 0) is 37.6 Å². The Balaban J connectivity index is 2.90. The van der Waals surface area contributed by atoms with Gasteiger partial charge in [-0.15, -0.1) is 0 Å². The molecule has 0 aromatic heterocycles. The van der Waals surface area contributed by atoms with Gasteiger partial charge >= 0.3 is 6.09 Å². The van der Waals surface area contributed by atoms with E-state index < -0.39 is 12.1 Å². The fraction of sp³-hybridized carbons (Fsp3) is 0.600. The van der Waals surface area contributed by atoms with Crippen LogP contribution in [0.5, 0.6) is 0 Å². The van der Waals surface area contributed by atoms with E-state index in [0.717, 1.165) is 18.7 Å². The predicted octanol–water partition coefficient (Wildman–Crippen LogP) is 3.61. The summed E-state index contributed by atoms with van der Waals surface area (Å²) < 4.78 is 4.90. The lowest BCUT2D eigenvalue weighted by Crippen LogP contribution is -2.51. The number of benzene rings is 1. The maximum absolute atomic E-state index is 12.7. The first kappa shape index (κ1) is 23.2. The van der Waals surface area contributed by atoms with Crippen LogP contribution in [0.2, 0.25) is 5.02 Å². The van der Waals surface area contributed by atoms with Gasteiger partial charge in [0.1, 0.15) is 6.04 Å². The third-order valence-electron chi connectivity index (χ3n) is 4.48. The number of carbonyl (C=O) groups excluding carboxylic acids is 2. The molecule has 0 spiro atoms. The van der Waals surface area contributed by atoms with Gasteiger partial charge in [0.25, 0.3) is 0 Å². The van der Waals surface area contributed by atoms with Crippen LogP contribution in [0, 0.1) is 5.92 Å². The Morgan fingerprint density at radius 3 is 2.30 bits per heavy atom. The standard InChI is InChI=1S/C20H32ClN3O3/c1-6-24(7-2)17(15-11-9-10-12-16(15)21)13-22-19(25)18(14(4)5)23-20(26)27-8-3/h9-12,14,17-18H,6-8,13H2,1-5H3,(H,22,25)(H,23,26). The number of ether oxygens (including phenoxy) is 1. The van der Waals surface area contributed by atoms with Gasteiger partial charge in [-0.25, -0.2) is 4.79 Å². The van der Waals surface area contributed by atoms with E-state index in [2.05, 4.69) is 29.4 Å². The van der Waals surface area contributed by atoms with E-state index in [9.17, 15) is 9.59 Å². The molecule has 1 rings (SSSR count). The molecule has 0 saturated heterocycles. The number of hydrogen-bond donors (Lipinski definition) is 2. The molecule has 1 aromatic rings. The van der Waals surface area contributed by atoms with Crippen LogP contribution in [0.25, 0.3) is 0 Å². The Morgan fingerprint density at radius 1 is 1.15 bits per heavy atom. The lowest BCUT2D eigenvalue weighted by atomic mass is 10.0. The van der Waals surface area contributed by atoms with E-state index in [1.165, 1.54) is 0 Å². The number of nitrogens with one attached hydrogen (secondary N) is 2. The first-order valence-corrected chi connectivity index (χ1v) is 9.92. The molecule has 2 atom stereocenters. The van der Waals surface area contributed by atoms with Crippen molar-refractivity contribution in [3.8, 4) is 0 Å². The fourth-order valence-electron chi connectivity index (χ4n) is 2.99. The van der Waals surface area contributed by atoms with Crippen LogP contribution in [-0.2, 0) is 9.53 Å². The highest BCUT2D eigenvalue weighted by Gasteiger charge is 2.27. The molecular weight excluding hydrogens is 366 g/mol. The first-order chi connectivity index (χ1) is 12.8. The summed E-state index contributed by atoms with van der Waals surface area (Å²) in [5, 5.41) is 6.29. The smallest absolute Gasteiger partial charge is 0.407 e. The van der Waals surface area contributed by atoms with Crippen LogP contribution in [0.15, 0.2) is 24.3 Å². The second-order valence-corrected chi connectivity index (χ2v) is 7.00. The van der Waals surface area contributed by atoms with Gasteiger partial charge in [0, 0.05) is 11.6 Å². The van der Waals surface area contributed by atoms with Gasteiger partial charge in [0.15, 0.2) is 0 Å². The molecule has 0 saturated carbocycles. The highest BCUT2D eigenvalue weighted by molar-refractivity contribution is 6.31. The molecule has 6 nitrogen and oxygen atoms in total. The minimum atomic E-state index is -0.660. The summed E-state index contributed by atoms with van der Waals surface area (Å²) in [5.41, 5.74) is 0.975.